The molecule has 1 fully saturated rings. The van der Waals surface area contributed by atoms with Crippen LogP contribution >= 0.6 is 12.4 Å². The molecule has 124 valence electrons. The molecule has 0 saturated carbocycles. The second kappa shape index (κ2) is 7.84. The Bertz CT molecular complexity index is 501. The number of carbonyl (C=O) groups is 1. The van der Waals surface area contributed by atoms with Crippen molar-refractivity contribution in [2.75, 3.05) is 20.2 Å². The lowest BCUT2D eigenvalue weighted by Crippen LogP contribution is -2.53. The van der Waals surface area contributed by atoms with Gasteiger partial charge in [0.2, 0.25) is 5.91 Å². The first-order valence-corrected chi connectivity index (χ1v) is 7.57. The summed E-state index contributed by atoms with van der Waals surface area (Å²) in [5.41, 5.74) is 0.820. The number of amides is 1. The minimum absolute atomic E-state index is 0. The molecule has 1 aromatic rings. The van der Waals surface area contributed by atoms with Crippen LogP contribution in [0.2, 0.25) is 0 Å². The summed E-state index contributed by atoms with van der Waals surface area (Å²) in [7, 11) is 1.68. The Hall–Kier alpha value is -1.26. The molecule has 1 unspecified atom stereocenters. The summed E-state index contributed by atoms with van der Waals surface area (Å²) in [6, 6.07) is 7.96. The first-order chi connectivity index (χ1) is 9.93. The third-order valence-corrected chi connectivity index (χ3v) is 4.22. The molecule has 1 aliphatic heterocycles. The number of hydrogen-bond acceptors (Lipinski definition) is 3. The van der Waals surface area contributed by atoms with Gasteiger partial charge >= 0.3 is 0 Å². The largest absolute Gasteiger partial charge is 0.496 e. The maximum atomic E-state index is 12.4. The van der Waals surface area contributed by atoms with E-state index in [1.54, 1.807) is 7.11 Å². The maximum Gasteiger partial charge on any atom is 0.223 e. The SMILES string of the molecule is COc1ccccc1CC(C)(C)NC(=O)C(C)C1CNC1.Cl. The van der Waals surface area contributed by atoms with E-state index in [0.29, 0.717) is 5.92 Å². The van der Waals surface area contributed by atoms with Crippen LogP contribution in [0, 0.1) is 11.8 Å². The molecule has 0 aromatic heterocycles. The van der Waals surface area contributed by atoms with Gasteiger partial charge in [-0.2, -0.15) is 0 Å². The first-order valence-electron chi connectivity index (χ1n) is 7.57. The number of methoxy groups -OCH3 is 1. The van der Waals surface area contributed by atoms with Crippen molar-refractivity contribution in [1.82, 2.24) is 10.6 Å². The van der Waals surface area contributed by atoms with E-state index in [0.717, 1.165) is 30.8 Å². The minimum atomic E-state index is -0.294. The summed E-state index contributed by atoms with van der Waals surface area (Å²) in [5, 5.41) is 6.40. The van der Waals surface area contributed by atoms with Crippen LogP contribution in [0.15, 0.2) is 24.3 Å². The van der Waals surface area contributed by atoms with Crippen LogP contribution < -0.4 is 15.4 Å². The predicted molar refractivity (Wildman–Crippen MR) is 91.7 cm³/mol. The molecule has 1 atom stereocenters. The van der Waals surface area contributed by atoms with E-state index in [1.807, 2.05) is 31.2 Å². The molecule has 0 aliphatic carbocycles. The van der Waals surface area contributed by atoms with Gasteiger partial charge in [-0.05, 0) is 50.9 Å². The lowest BCUT2D eigenvalue weighted by molar-refractivity contribution is -0.128. The van der Waals surface area contributed by atoms with E-state index in [9.17, 15) is 4.79 Å². The summed E-state index contributed by atoms with van der Waals surface area (Å²) in [4.78, 5) is 12.4. The van der Waals surface area contributed by atoms with E-state index in [1.165, 1.54) is 0 Å². The van der Waals surface area contributed by atoms with Crippen LogP contribution in [0.4, 0.5) is 0 Å². The smallest absolute Gasteiger partial charge is 0.223 e. The van der Waals surface area contributed by atoms with Crippen LogP contribution in [0.25, 0.3) is 0 Å². The molecule has 1 saturated heterocycles. The van der Waals surface area contributed by atoms with E-state index in [4.69, 9.17) is 4.74 Å². The Morgan fingerprint density at radius 1 is 1.41 bits per heavy atom. The van der Waals surface area contributed by atoms with Crippen LogP contribution in [0.5, 0.6) is 5.75 Å². The Balaban J connectivity index is 0.00000242. The van der Waals surface area contributed by atoms with Crippen molar-refractivity contribution < 1.29 is 9.53 Å². The average molecular weight is 327 g/mol. The van der Waals surface area contributed by atoms with Gasteiger partial charge in [-0.3, -0.25) is 4.79 Å². The molecule has 1 amide bonds. The number of hydrogen-bond donors (Lipinski definition) is 2. The highest BCUT2D eigenvalue weighted by Gasteiger charge is 2.31. The number of nitrogens with one attached hydrogen (secondary N) is 2. The zero-order valence-corrected chi connectivity index (χ0v) is 14.6. The van der Waals surface area contributed by atoms with Crippen LogP contribution in [0.3, 0.4) is 0 Å². The molecule has 0 spiro atoms. The molecular formula is C17H27ClN2O2. The highest BCUT2D eigenvalue weighted by molar-refractivity contribution is 5.85. The number of benzene rings is 1. The number of ether oxygens (including phenoxy) is 1. The van der Waals surface area contributed by atoms with Gasteiger partial charge in [0.05, 0.1) is 7.11 Å². The van der Waals surface area contributed by atoms with Crippen molar-refractivity contribution in [2.45, 2.75) is 32.7 Å². The predicted octanol–water partition coefficient (Wildman–Crippen LogP) is 2.41. The second-order valence-corrected chi connectivity index (χ2v) is 6.57. The summed E-state index contributed by atoms with van der Waals surface area (Å²) in [5.74, 6) is 1.53. The van der Waals surface area contributed by atoms with Crippen molar-refractivity contribution in [3.8, 4) is 5.75 Å². The number of halogens is 1. The minimum Gasteiger partial charge on any atom is -0.496 e. The zero-order chi connectivity index (χ0) is 15.5. The standard InChI is InChI=1S/C17H26N2O2.ClH/c1-12(14-10-18-11-14)16(20)19-17(2,3)9-13-7-5-6-8-15(13)21-4;/h5-8,12,14,18H,9-11H2,1-4H3,(H,19,20);1H. The van der Waals surface area contributed by atoms with Gasteiger partial charge in [-0.25, -0.2) is 0 Å². The number of rotatable bonds is 6. The van der Waals surface area contributed by atoms with Gasteiger partial charge in [0.1, 0.15) is 5.75 Å². The van der Waals surface area contributed by atoms with Crippen LogP contribution in [-0.4, -0.2) is 31.6 Å². The lowest BCUT2D eigenvalue weighted by atomic mass is 9.86. The second-order valence-electron chi connectivity index (χ2n) is 6.57. The normalized spacial score (nSPS) is 16.2. The van der Waals surface area contributed by atoms with Crippen molar-refractivity contribution in [3.63, 3.8) is 0 Å². The van der Waals surface area contributed by atoms with Gasteiger partial charge in [0, 0.05) is 11.5 Å². The Morgan fingerprint density at radius 3 is 2.59 bits per heavy atom. The third-order valence-electron chi connectivity index (χ3n) is 4.22. The quantitative estimate of drug-likeness (QED) is 0.844. The van der Waals surface area contributed by atoms with E-state index in [-0.39, 0.29) is 29.8 Å². The molecule has 5 heteroatoms. The zero-order valence-electron chi connectivity index (χ0n) is 13.8. The molecule has 2 rings (SSSR count). The van der Waals surface area contributed by atoms with Crippen molar-refractivity contribution >= 4 is 18.3 Å². The Labute approximate surface area is 139 Å². The van der Waals surface area contributed by atoms with Gasteiger partial charge in [-0.1, -0.05) is 25.1 Å². The summed E-state index contributed by atoms with van der Waals surface area (Å²) in [6.07, 6.45) is 0.748. The van der Waals surface area contributed by atoms with Gasteiger partial charge < -0.3 is 15.4 Å². The highest BCUT2D eigenvalue weighted by Crippen LogP contribution is 2.24. The van der Waals surface area contributed by atoms with E-state index < -0.39 is 0 Å². The van der Waals surface area contributed by atoms with Crippen LogP contribution in [-0.2, 0) is 11.2 Å². The Morgan fingerprint density at radius 2 is 2.05 bits per heavy atom. The molecule has 1 aliphatic rings. The molecular weight excluding hydrogens is 300 g/mol. The fourth-order valence-electron chi connectivity index (χ4n) is 2.70. The number of para-hydroxylation sites is 1. The van der Waals surface area contributed by atoms with Gasteiger partial charge in [-0.15, -0.1) is 12.4 Å². The molecule has 22 heavy (non-hydrogen) atoms. The third kappa shape index (κ3) is 4.62. The monoisotopic (exact) mass is 326 g/mol. The summed E-state index contributed by atoms with van der Waals surface area (Å²) < 4.78 is 5.39. The summed E-state index contributed by atoms with van der Waals surface area (Å²) in [6.45, 7) is 8.02. The maximum absolute atomic E-state index is 12.4. The molecule has 4 nitrogen and oxygen atoms in total. The molecule has 0 bridgehead atoms. The Kier molecular flexibility index (Phi) is 6.69. The number of carbonyl (C=O) groups excluding carboxylic acids is 1. The lowest BCUT2D eigenvalue weighted by Gasteiger charge is -2.35. The topological polar surface area (TPSA) is 50.4 Å². The summed E-state index contributed by atoms with van der Waals surface area (Å²) >= 11 is 0. The average Bonchev–Trinajstić information content (AvgIpc) is 2.36. The fourth-order valence-corrected chi connectivity index (χ4v) is 2.70. The highest BCUT2D eigenvalue weighted by atomic mass is 35.5. The van der Waals surface area contributed by atoms with E-state index in [2.05, 4.69) is 24.5 Å². The van der Waals surface area contributed by atoms with Gasteiger partial charge in [0.25, 0.3) is 0 Å². The molecule has 0 radical (unpaired) electrons. The fraction of sp³-hybridized carbons (Fsp3) is 0.588. The van der Waals surface area contributed by atoms with Crippen molar-refractivity contribution in [1.29, 1.82) is 0 Å². The van der Waals surface area contributed by atoms with Gasteiger partial charge in [0.15, 0.2) is 0 Å². The molecule has 1 aromatic carbocycles. The van der Waals surface area contributed by atoms with Crippen molar-refractivity contribution in [3.05, 3.63) is 29.8 Å². The van der Waals surface area contributed by atoms with E-state index >= 15 is 0 Å². The van der Waals surface area contributed by atoms with Crippen LogP contribution in [0.1, 0.15) is 26.3 Å². The molecule has 2 N–H and O–H groups in total. The molecule has 1 heterocycles. The van der Waals surface area contributed by atoms with Crippen molar-refractivity contribution in [2.24, 2.45) is 11.8 Å². The first kappa shape index (κ1) is 18.8.